The molecule has 1 fully saturated rings. The maximum atomic E-state index is 13.7. The SMILES string of the molecule is CCCCOc1ccc([C@H]2[C@@H](N3C(=O)c4c(Cl)c(Cl)c(Cl)c(Cl)c4C3=O)C(=O)N2c2ccc(OC)c(Cl)c2)cc1. The number of amides is 3. The van der Waals surface area contributed by atoms with Crippen LogP contribution in [0.5, 0.6) is 11.5 Å². The number of ether oxygens (including phenoxy) is 2. The number of unbranched alkanes of at least 4 members (excludes halogenated alkanes) is 1. The zero-order chi connectivity index (χ0) is 28.9. The predicted molar refractivity (Wildman–Crippen MR) is 156 cm³/mol. The van der Waals surface area contributed by atoms with Crippen molar-refractivity contribution in [1.82, 2.24) is 4.90 Å². The molecule has 3 aromatic carbocycles. The van der Waals surface area contributed by atoms with Crippen molar-refractivity contribution < 1.29 is 23.9 Å². The Hall–Kier alpha value is -2.68. The lowest BCUT2D eigenvalue weighted by molar-refractivity contribution is -0.130. The minimum absolute atomic E-state index is 0.153. The fourth-order valence-corrected chi connectivity index (χ4v) is 6.13. The number of halogens is 5. The van der Waals surface area contributed by atoms with E-state index >= 15 is 0 Å². The molecule has 2 aliphatic heterocycles. The van der Waals surface area contributed by atoms with Crippen LogP contribution in [-0.2, 0) is 4.79 Å². The standard InChI is InChI=1S/C28H21Cl5N2O5/c1-3-4-11-40-15-8-5-13(6-9-15)24-25(28(38)34(24)14-7-10-17(39-2)16(29)12-14)35-26(36)18-19(27(35)37)21(31)23(33)22(32)20(18)30/h5-10,12,24-25H,3-4,11H2,1-2H3/t24-,25+/m0/s1. The second kappa shape index (κ2) is 11.3. The molecule has 12 heteroatoms. The van der Waals surface area contributed by atoms with E-state index in [0.29, 0.717) is 34.4 Å². The van der Waals surface area contributed by atoms with E-state index in [4.69, 9.17) is 67.5 Å². The summed E-state index contributed by atoms with van der Waals surface area (Å²) in [7, 11) is 1.48. The maximum absolute atomic E-state index is 13.7. The summed E-state index contributed by atoms with van der Waals surface area (Å²) < 4.78 is 11.0. The van der Waals surface area contributed by atoms with Gasteiger partial charge in [-0.05, 0) is 42.3 Å². The number of rotatable bonds is 8. The monoisotopic (exact) mass is 640 g/mol. The molecule has 3 amide bonds. The van der Waals surface area contributed by atoms with Crippen LogP contribution in [0.3, 0.4) is 0 Å². The maximum Gasteiger partial charge on any atom is 0.264 e. The topological polar surface area (TPSA) is 76.2 Å². The number of hydrogen-bond acceptors (Lipinski definition) is 5. The number of imide groups is 1. The molecule has 0 aromatic heterocycles. The van der Waals surface area contributed by atoms with Crippen LogP contribution < -0.4 is 14.4 Å². The highest BCUT2D eigenvalue weighted by Crippen LogP contribution is 2.49. The van der Waals surface area contributed by atoms with Gasteiger partial charge in [-0.25, -0.2) is 0 Å². The highest BCUT2D eigenvalue weighted by molar-refractivity contribution is 6.55. The molecule has 0 saturated carbocycles. The van der Waals surface area contributed by atoms with Crippen LogP contribution in [-0.4, -0.2) is 42.4 Å². The number of carbonyl (C=O) groups is 3. The lowest BCUT2D eigenvalue weighted by Gasteiger charge is -2.49. The van der Waals surface area contributed by atoms with Gasteiger partial charge in [0.1, 0.15) is 17.5 Å². The van der Waals surface area contributed by atoms with Crippen LogP contribution >= 0.6 is 58.0 Å². The van der Waals surface area contributed by atoms with Crippen LogP contribution in [0, 0.1) is 0 Å². The summed E-state index contributed by atoms with van der Waals surface area (Å²) in [6.07, 6.45) is 1.90. The van der Waals surface area contributed by atoms with E-state index in [9.17, 15) is 14.4 Å². The minimum Gasteiger partial charge on any atom is -0.495 e. The first-order chi connectivity index (χ1) is 19.1. The van der Waals surface area contributed by atoms with Crippen molar-refractivity contribution in [2.75, 3.05) is 18.6 Å². The third-order valence-corrected chi connectivity index (χ3v) is 8.98. The Morgan fingerprint density at radius 3 is 1.90 bits per heavy atom. The molecule has 0 N–H and O–H groups in total. The van der Waals surface area contributed by atoms with Crippen LogP contribution in [0.1, 0.15) is 52.1 Å². The average molecular weight is 643 g/mol. The molecule has 1 saturated heterocycles. The van der Waals surface area contributed by atoms with E-state index in [2.05, 4.69) is 6.92 Å². The molecule has 2 aliphatic rings. The van der Waals surface area contributed by atoms with Crippen molar-refractivity contribution in [3.05, 3.63) is 84.3 Å². The van der Waals surface area contributed by atoms with Crippen LogP contribution in [0.4, 0.5) is 5.69 Å². The van der Waals surface area contributed by atoms with Crippen LogP contribution in [0.25, 0.3) is 0 Å². The van der Waals surface area contributed by atoms with Crippen molar-refractivity contribution in [3.8, 4) is 11.5 Å². The molecule has 0 bridgehead atoms. The molecular formula is C28H21Cl5N2O5. The summed E-state index contributed by atoms with van der Waals surface area (Å²) in [6, 6.07) is 10.1. The van der Waals surface area contributed by atoms with Crippen molar-refractivity contribution in [1.29, 1.82) is 0 Å². The van der Waals surface area contributed by atoms with Gasteiger partial charge in [0.05, 0.1) is 56.0 Å². The minimum atomic E-state index is -1.20. The van der Waals surface area contributed by atoms with Crippen LogP contribution in [0.15, 0.2) is 42.5 Å². The number of carbonyl (C=O) groups excluding carboxylic acids is 3. The summed E-state index contributed by atoms with van der Waals surface area (Å²) in [5.74, 6) is -1.00. The zero-order valence-electron chi connectivity index (χ0n) is 21.1. The third kappa shape index (κ3) is 4.58. The van der Waals surface area contributed by atoms with Crippen molar-refractivity contribution in [2.24, 2.45) is 0 Å². The molecule has 2 heterocycles. The Kier molecular flexibility index (Phi) is 8.15. The number of anilines is 1. The lowest BCUT2D eigenvalue weighted by atomic mass is 9.86. The van der Waals surface area contributed by atoms with E-state index in [-0.39, 0.29) is 31.2 Å². The number of β-lactam (4-membered cyclic amide) rings is 1. The molecule has 2 atom stereocenters. The average Bonchev–Trinajstić information content (AvgIpc) is 3.19. The second-order valence-corrected chi connectivity index (χ2v) is 11.1. The lowest BCUT2D eigenvalue weighted by Crippen LogP contribution is -2.67. The molecule has 0 aliphatic carbocycles. The molecule has 40 heavy (non-hydrogen) atoms. The fraction of sp³-hybridized carbons (Fsp3) is 0.250. The predicted octanol–water partition coefficient (Wildman–Crippen LogP) is 7.89. The van der Waals surface area contributed by atoms with Gasteiger partial charge in [-0.15, -0.1) is 0 Å². The Balaban J connectivity index is 1.57. The van der Waals surface area contributed by atoms with Crippen molar-refractivity contribution in [2.45, 2.75) is 31.8 Å². The highest BCUT2D eigenvalue weighted by Gasteiger charge is 2.58. The Morgan fingerprint density at radius 1 is 0.775 bits per heavy atom. The summed E-state index contributed by atoms with van der Waals surface area (Å²) in [4.78, 5) is 43.3. The fourth-order valence-electron chi connectivity index (χ4n) is 4.86. The van der Waals surface area contributed by atoms with Gasteiger partial charge in [-0.2, -0.15) is 0 Å². The molecule has 5 rings (SSSR count). The van der Waals surface area contributed by atoms with E-state index in [1.54, 1.807) is 42.5 Å². The van der Waals surface area contributed by atoms with Gasteiger partial charge in [-0.1, -0.05) is 83.5 Å². The van der Waals surface area contributed by atoms with Crippen molar-refractivity contribution >= 4 is 81.4 Å². The summed E-state index contributed by atoms with van der Waals surface area (Å²) >= 11 is 31.4. The molecule has 0 radical (unpaired) electrons. The van der Waals surface area contributed by atoms with Gasteiger partial charge in [0.25, 0.3) is 17.7 Å². The van der Waals surface area contributed by atoms with Gasteiger partial charge in [0, 0.05) is 5.69 Å². The third-order valence-electron chi connectivity index (χ3n) is 6.88. The van der Waals surface area contributed by atoms with Gasteiger partial charge in [0.2, 0.25) is 0 Å². The van der Waals surface area contributed by atoms with E-state index in [1.807, 2.05) is 0 Å². The van der Waals surface area contributed by atoms with Gasteiger partial charge in [-0.3, -0.25) is 19.3 Å². The smallest absolute Gasteiger partial charge is 0.264 e. The highest BCUT2D eigenvalue weighted by atomic mass is 35.5. The quantitative estimate of drug-likeness (QED) is 0.0821. The van der Waals surface area contributed by atoms with Gasteiger partial charge in [0.15, 0.2) is 0 Å². The molecule has 208 valence electrons. The van der Waals surface area contributed by atoms with E-state index < -0.39 is 29.8 Å². The van der Waals surface area contributed by atoms with Gasteiger partial charge < -0.3 is 14.4 Å². The van der Waals surface area contributed by atoms with E-state index in [1.165, 1.54) is 12.0 Å². The first-order valence-electron chi connectivity index (χ1n) is 12.3. The molecule has 0 spiro atoms. The molecule has 3 aromatic rings. The number of nitrogens with zero attached hydrogens (tertiary/aromatic N) is 2. The van der Waals surface area contributed by atoms with Crippen LogP contribution in [0.2, 0.25) is 25.1 Å². The first kappa shape index (κ1) is 28.8. The zero-order valence-corrected chi connectivity index (χ0v) is 24.9. The van der Waals surface area contributed by atoms with Gasteiger partial charge >= 0.3 is 0 Å². The number of benzene rings is 3. The van der Waals surface area contributed by atoms with E-state index in [0.717, 1.165) is 17.7 Å². The molecular weight excluding hydrogens is 622 g/mol. The Bertz CT molecular complexity index is 1500. The number of fused-ring (bicyclic) bond motifs is 1. The summed E-state index contributed by atoms with van der Waals surface area (Å²) in [6.45, 7) is 2.64. The summed E-state index contributed by atoms with van der Waals surface area (Å²) in [5, 5.41) is -0.428. The Labute approximate surface area is 255 Å². The Morgan fingerprint density at radius 2 is 1.38 bits per heavy atom. The first-order valence-corrected chi connectivity index (χ1v) is 14.1. The number of methoxy groups -OCH3 is 1. The molecule has 0 unspecified atom stereocenters. The molecule has 7 nitrogen and oxygen atoms in total. The number of hydrogen-bond donors (Lipinski definition) is 0. The normalized spacial score (nSPS) is 18.2. The van der Waals surface area contributed by atoms with Crippen molar-refractivity contribution in [3.63, 3.8) is 0 Å². The summed E-state index contributed by atoms with van der Waals surface area (Å²) in [5.41, 5.74) is 0.731. The second-order valence-electron chi connectivity index (χ2n) is 9.17. The largest absolute Gasteiger partial charge is 0.495 e.